The average Bonchev–Trinajstić information content (AvgIpc) is 2.71. The predicted octanol–water partition coefficient (Wildman–Crippen LogP) is 3.41. The third-order valence-corrected chi connectivity index (χ3v) is 4.30. The van der Waals surface area contributed by atoms with Crippen LogP contribution in [0.5, 0.6) is 0 Å². The van der Waals surface area contributed by atoms with Crippen LogP contribution in [0.1, 0.15) is 18.9 Å². The molecule has 3 nitrogen and oxygen atoms in total. The predicted molar refractivity (Wildman–Crippen MR) is 73.8 cm³/mol. The van der Waals surface area contributed by atoms with Crippen molar-refractivity contribution in [3.8, 4) is 0 Å². The first-order chi connectivity index (χ1) is 10.3. The topological polar surface area (TPSA) is 37.4 Å². The van der Waals surface area contributed by atoms with Crippen LogP contribution in [0.25, 0.3) is 0 Å². The third-order valence-electron chi connectivity index (χ3n) is 4.30. The summed E-state index contributed by atoms with van der Waals surface area (Å²) in [5.41, 5.74) is -0.877. The number of imide groups is 1. The molecular formula is C16H14F3NO2. The Morgan fingerprint density at radius 3 is 2.55 bits per heavy atom. The van der Waals surface area contributed by atoms with E-state index in [1.165, 1.54) is 12.1 Å². The molecule has 1 aromatic rings. The number of fused-ring (bicyclic) bond motifs is 1. The molecule has 0 aromatic heterocycles. The van der Waals surface area contributed by atoms with Gasteiger partial charge in [-0.1, -0.05) is 25.1 Å². The number of anilines is 1. The second kappa shape index (κ2) is 4.97. The zero-order valence-electron chi connectivity index (χ0n) is 11.8. The lowest BCUT2D eigenvalue weighted by Crippen LogP contribution is -2.31. The van der Waals surface area contributed by atoms with Gasteiger partial charge in [-0.3, -0.25) is 14.5 Å². The average molecular weight is 309 g/mol. The number of allylic oxidation sites excluding steroid dienone is 2. The first-order valence-corrected chi connectivity index (χ1v) is 7.02. The van der Waals surface area contributed by atoms with Gasteiger partial charge in [0, 0.05) is 0 Å². The van der Waals surface area contributed by atoms with Crippen molar-refractivity contribution < 1.29 is 22.8 Å². The van der Waals surface area contributed by atoms with E-state index < -0.39 is 35.4 Å². The number of carbonyl (C=O) groups excluding carboxylic acids is 2. The van der Waals surface area contributed by atoms with Crippen LogP contribution >= 0.6 is 0 Å². The molecule has 1 heterocycles. The minimum absolute atomic E-state index is 0.00794. The molecule has 0 radical (unpaired) electrons. The highest BCUT2D eigenvalue weighted by Crippen LogP contribution is 2.41. The van der Waals surface area contributed by atoms with E-state index in [0.717, 1.165) is 17.0 Å². The van der Waals surface area contributed by atoms with Gasteiger partial charge in [0.1, 0.15) is 0 Å². The lowest BCUT2D eigenvalue weighted by atomic mass is 9.78. The molecule has 1 fully saturated rings. The molecule has 0 N–H and O–H groups in total. The number of benzene rings is 1. The molecule has 116 valence electrons. The number of hydrogen-bond acceptors (Lipinski definition) is 2. The van der Waals surface area contributed by atoms with Crippen molar-refractivity contribution in [3.05, 3.63) is 42.0 Å². The van der Waals surface area contributed by atoms with Crippen molar-refractivity contribution in [1.82, 2.24) is 0 Å². The molecule has 1 aliphatic carbocycles. The third kappa shape index (κ3) is 2.23. The number of amides is 2. The first kappa shape index (κ1) is 14.8. The molecule has 2 amide bonds. The van der Waals surface area contributed by atoms with Gasteiger partial charge in [0.05, 0.1) is 23.1 Å². The molecule has 1 aromatic carbocycles. The maximum Gasteiger partial charge on any atom is 0.416 e. The van der Waals surface area contributed by atoms with Crippen LogP contribution in [-0.2, 0) is 15.8 Å². The molecule has 0 saturated carbocycles. The number of nitrogens with zero attached hydrogens (tertiary/aromatic N) is 1. The fraction of sp³-hybridized carbons (Fsp3) is 0.375. The normalized spacial score (nSPS) is 28.2. The molecule has 1 saturated heterocycles. The van der Waals surface area contributed by atoms with E-state index in [2.05, 4.69) is 0 Å². The summed E-state index contributed by atoms with van der Waals surface area (Å²) in [6.45, 7) is 1.84. The van der Waals surface area contributed by atoms with Gasteiger partial charge in [-0.15, -0.1) is 0 Å². The highest BCUT2D eigenvalue weighted by Gasteiger charge is 2.50. The number of alkyl halides is 3. The van der Waals surface area contributed by atoms with Gasteiger partial charge in [-0.25, -0.2) is 0 Å². The fourth-order valence-electron chi connectivity index (χ4n) is 3.22. The number of hydrogen-bond donors (Lipinski definition) is 0. The second-order valence-corrected chi connectivity index (χ2v) is 5.72. The fourth-order valence-corrected chi connectivity index (χ4v) is 3.22. The van der Waals surface area contributed by atoms with Gasteiger partial charge in [-0.2, -0.15) is 13.2 Å². The van der Waals surface area contributed by atoms with Gasteiger partial charge in [0.2, 0.25) is 11.8 Å². The molecule has 2 aliphatic rings. The maximum absolute atomic E-state index is 12.8. The number of halogens is 3. The van der Waals surface area contributed by atoms with Crippen molar-refractivity contribution in [1.29, 1.82) is 0 Å². The Morgan fingerprint density at radius 1 is 1.18 bits per heavy atom. The summed E-state index contributed by atoms with van der Waals surface area (Å²) in [7, 11) is 0. The van der Waals surface area contributed by atoms with Crippen molar-refractivity contribution >= 4 is 17.5 Å². The summed E-state index contributed by atoms with van der Waals surface area (Å²) in [5, 5.41) is 0. The van der Waals surface area contributed by atoms with E-state index in [4.69, 9.17) is 0 Å². The second-order valence-electron chi connectivity index (χ2n) is 5.72. The Labute approximate surface area is 125 Å². The van der Waals surface area contributed by atoms with Crippen LogP contribution in [0.3, 0.4) is 0 Å². The molecular weight excluding hydrogens is 295 g/mol. The minimum Gasteiger partial charge on any atom is -0.274 e. The first-order valence-electron chi connectivity index (χ1n) is 7.02. The van der Waals surface area contributed by atoms with Crippen LogP contribution in [0.2, 0.25) is 0 Å². The maximum atomic E-state index is 12.8. The van der Waals surface area contributed by atoms with Crippen molar-refractivity contribution in [2.45, 2.75) is 19.5 Å². The molecule has 0 spiro atoms. The van der Waals surface area contributed by atoms with Crippen LogP contribution in [0.4, 0.5) is 18.9 Å². The Bertz CT molecular complexity index is 666. The summed E-state index contributed by atoms with van der Waals surface area (Å²) >= 11 is 0. The van der Waals surface area contributed by atoms with Crippen LogP contribution in [-0.4, -0.2) is 11.8 Å². The Balaban J connectivity index is 2.00. The molecule has 1 aliphatic heterocycles. The molecule has 6 heteroatoms. The van der Waals surface area contributed by atoms with E-state index in [-0.39, 0.29) is 11.6 Å². The van der Waals surface area contributed by atoms with Gasteiger partial charge in [0.15, 0.2) is 0 Å². The lowest BCUT2D eigenvalue weighted by Gasteiger charge is -2.22. The van der Waals surface area contributed by atoms with Crippen molar-refractivity contribution in [2.75, 3.05) is 4.90 Å². The summed E-state index contributed by atoms with van der Waals surface area (Å²) < 4.78 is 38.4. The molecule has 22 heavy (non-hydrogen) atoms. The lowest BCUT2D eigenvalue weighted by molar-refractivity contribution is -0.137. The summed E-state index contributed by atoms with van der Waals surface area (Å²) in [6.07, 6.45) is -0.326. The van der Waals surface area contributed by atoms with E-state index in [1.807, 2.05) is 19.1 Å². The highest BCUT2D eigenvalue weighted by atomic mass is 19.4. The Kier molecular flexibility index (Phi) is 3.34. The Morgan fingerprint density at radius 2 is 1.91 bits per heavy atom. The van der Waals surface area contributed by atoms with Gasteiger partial charge < -0.3 is 0 Å². The van der Waals surface area contributed by atoms with Crippen LogP contribution in [0.15, 0.2) is 36.4 Å². The summed E-state index contributed by atoms with van der Waals surface area (Å²) in [4.78, 5) is 25.9. The quantitative estimate of drug-likeness (QED) is 0.589. The van der Waals surface area contributed by atoms with Gasteiger partial charge in [-0.05, 0) is 30.5 Å². The smallest absolute Gasteiger partial charge is 0.274 e. The van der Waals surface area contributed by atoms with Crippen LogP contribution < -0.4 is 4.90 Å². The molecule has 3 rings (SSSR count). The Hall–Kier alpha value is -2.11. The highest BCUT2D eigenvalue weighted by molar-refractivity contribution is 6.22. The largest absolute Gasteiger partial charge is 0.416 e. The monoisotopic (exact) mass is 309 g/mol. The molecule has 0 unspecified atom stereocenters. The van der Waals surface area contributed by atoms with E-state index in [1.54, 1.807) is 0 Å². The standard InChI is InChI=1S/C16H14F3NO2/c1-9-4-2-7-12-13(9)15(22)20(14(12)21)11-6-3-5-10(8-11)16(17,18)19/h2-6,8-9,12-13H,7H2,1H3/t9-,12+,13-/m1/s1. The SMILES string of the molecule is C[C@@H]1C=CC[C@@H]2C(=O)N(c3cccc(C(F)(F)F)c3)C(=O)[C@H]12. The van der Waals surface area contributed by atoms with E-state index >= 15 is 0 Å². The zero-order chi connectivity index (χ0) is 16.1. The van der Waals surface area contributed by atoms with Gasteiger partial charge >= 0.3 is 6.18 Å². The summed E-state index contributed by atoms with van der Waals surface area (Å²) in [6, 6.07) is 4.35. The van der Waals surface area contributed by atoms with Gasteiger partial charge in [0.25, 0.3) is 0 Å². The van der Waals surface area contributed by atoms with Crippen LogP contribution in [0, 0.1) is 17.8 Å². The van der Waals surface area contributed by atoms with E-state index in [9.17, 15) is 22.8 Å². The minimum atomic E-state index is -4.51. The number of carbonyl (C=O) groups is 2. The van der Waals surface area contributed by atoms with Crippen molar-refractivity contribution in [3.63, 3.8) is 0 Å². The number of rotatable bonds is 1. The van der Waals surface area contributed by atoms with E-state index in [0.29, 0.717) is 6.42 Å². The zero-order valence-corrected chi connectivity index (χ0v) is 11.8. The molecule has 3 atom stereocenters. The summed E-state index contributed by atoms with van der Waals surface area (Å²) in [5.74, 6) is -1.86. The molecule has 0 bridgehead atoms. The van der Waals surface area contributed by atoms with Crippen molar-refractivity contribution in [2.24, 2.45) is 17.8 Å².